The number of methoxy groups -OCH3 is 1. The minimum atomic E-state index is 0.702. The molecule has 0 aliphatic rings. The van der Waals surface area contributed by atoms with E-state index in [1.54, 1.807) is 13.3 Å². The summed E-state index contributed by atoms with van der Waals surface area (Å²) in [5.74, 6) is 1.53. The molecule has 0 saturated carbocycles. The molecular weight excluding hydrogens is 188 g/mol. The van der Waals surface area contributed by atoms with Crippen LogP contribution >= 0.6 is 0 Å². The number of pyridine rings is 1. The zero-order chi connectivity index (χ0) is 11.1. The zero-order valence-electron chi connectivity index (χ0n) is 9.79. The van der Waals surface area contributed by atoms with Crippen LogP contribution in [0.15, 0.2) is 18.5 Å². The minimum absolute atomic E-state index is 0.702. The maximum Gasteiger partial charge on any atom is 0.137 e. The number of ether oxygens (including phenoxy) is 1. The van der Waals surface area contributed by atoms with Gasteiger partial charge in [0.05, 0.1) is 13.3 Å². The fourth-order valence-corrected chi connectivity index (χ4v) is 1.34. The standard InChI is InChI=1S/C12H20N2O/c1-10(2)7-13-5-4-11-6-12(15-3)9-14-8-11/h6,8-10,13H,4-5,7H2,1-3H3. The molecule has 3 heteroatoms. The largest absolute Gasteiger partial charge is 0.495 e. The smallest absolute Gasteiger partial charge is 0.137 e. The molecule has 0 radical (unpaired) electrons. The summed E-state index contributed by atoms with van der Waals surface area (Å²) >= 11 is 0. The Morgan fingerprint density at radius 1 is 1.40 bits per heavy atom. The Balaban J connectivity index is 2.30. The van der Waals surface area contributed by atoms with Gasteiger partial charge in [0.1, 0.15) is 5.75 Å². The van der Waals surface area contributed by atoms with Gasteiger partial charge in [-0.05, 0) is 37.1 Å². The first-order chi connectivity index (χ1) is 7.22. The van der Waals surface area contributed by atoms with E-state index in [0.717, 1.165) is 25.3 Å². The van der Waals surface area contributed by atoms with Crippen molar-refractivity contribution in [3.05, 3.63) is 24.0 Å². The number of nitrogens with zero attached hydrogens (tertiary/aromatic N) is 1. The molecule has 0 aromatic carbocycles. The summed E-state index contributed by atoms with van der Waals surface area (Å²) < 4.78 is 5.12. The van der Waals surface area contributed by atoms with Crippen LogP contribution < -0.4 is 10.1 Å². The zero-order valence-corrected chi connectivity index (χ0v) is 9.79. The molecule has 0 unspecified atom stereocenters. The molecule has 0 saturated heterocycles. The van der Waals surface area contributed by atoms with Crippen LogP contribution in [0.25, 0.3) is 0 Å². The molecule has 3 nitrogen and oxygen atoms in total. The van der Waals surface area contributed by atoms with E-state index in [9.17, 15) is 0 Å². The number of nitrogens with one attached hydrogen (secondary N) is 1. The topological polar surface area (TPSA) is 34.1 Å². The van der Waals surface area contributed by atoms with Crippen molar-refractivity contribution in [3.63, 3.8) is 0 Å². The highest BCUT2D eigenvalue weighted by atomic mass is 16.5. The molecule has 0 spiro atoms. The maximum absolute atomic E-state index is 5.12. The summed E-state index contributed by atoms with van der Waals surface area (Å²) in [4.78, 5) is 4.12. The molecule has 0 amide bonds. The molecule has 15 heavy (non-hydrogen) atoms. The maximum atomic E-state index is 5.12. The van der Waals surface area contributed by atoms with E-state index >= 15 is 0 Å². The van der Waals surface area contributed by atoms with Crippen molar-refractivity contribution in [2.24, 2.45) is 5.92 Å². The molecule has 1 aromatic rings. The third-order valence-electron chi connectivity index (χ3n) is 2.15. The van der Waals surface area contributed by atoms with Crippen LogP contribution in [-0.4, -0.2) is 25.2 Å². The molecule has 0 aliphatic heterocycles. The van der Waals surface area contributed by atoms with E-state index in [1.807, 2.05) is 12.3 Å². The summed E-state index contributed by atoms with van der Waals surface area (Å²) in [5, 5.41) is 3.40. The lowest BCUT2D eigenvalue weighted by Crippen LogP contribution is -2.22. The highest BCUT2D eigenvalue weighted by Gasteiger charge is 1.97. The van der Waals surface area contributed by atoms with E-state index in [4.69, 9.17) is 4.74 Å². The lowest BCUT2D eigenvalue weighted by Gasteiger charge is -2.07. The van der Waals surface area contributed by atoms with Gasteiger partial charge in [-0.1, -0.05) is 13.8 Å². The summed E-state index contributed by atoms with van der Waals surface area (Å²) in [5.41, 5.74) is 1.21. The Hall–Kier alpha value is -1.09. The van der Waals surface area contributed by atoms with Crippen molar-refractivity contribution in [2.75, 3.05) is 20.2 Å². The molecule has 1 heterocycles. The summed E-state index contributed by atoms with van der Waals surface area (Å²) in [7, 11) is 1.66. The Morgan fingerprint density at radius 3 is 2.87 bits per heavy atom. The lowest BCUT2D eigenvalue weighted by atomic mass is 10.2. The quantitative estimate of drug-likeness (QED) is 0.725. The lowest BCUT2D eigenvalue weighted by molar-refractivity contribution is 0.412. The van der Waals surface area contributed by atoms with Gasteiger partial charge in [0.15, 0.2) is 0 Å². The van der Waals surface area contributed by atoms with Gasteiger partial charge < -0.3 is 10.1 Å². The van der Waals surface area contributed by atoms with Crippen molar-refractivity contribution in [2.45, 2.75) is 20.3 Å². The Bertz CT molecular complexity index is 287. The highest BCUT2D eigenvalue weighted by Crippen LogP contribution is 2.10. The average molecular weight is 208 g/mol. The predicted octanol–water partition coefficient (Wildman–Crippen LogP) is 1.88. The van der Waals surface area contributed by atoms with Gasteiger partial charge >= 0.3 is 0 Å². The minimum Gasteiger partial charge on any atom is -0.495 e. The van der Waals surface area contributed by atoms with Crippen LogP contribution in [0.5, 0.6) is 5.75 Å². The number of rotatable bonds is 6. The van der Waals surface area contributed by atoms with E-state index < -0.39 is 0 Å². The van der Waals surface area contributed by atoms with Gasteiger partial charge in [0, 0.05) is 6.20 Å². The third kappa shape index (κ3) is 4.79. The second-order valence-electron chi connectivity index (χ2n) is 4.08. The number of aromatic nitrogens is 1. The second-order valence-corrected chi connectivity index (χ2v) is 4.08. The first-order valence-electron chi connectivity index (χ1n) is 5.41. The van der Waals surface area contributed by atoms with E-state index in [1.165, 1.54) is 5.56 Å². The van der Waals surface area contributed by atoms with E-state index in [2.05, 4.69) is 24.1 Å². The molecular formula is C12H20N2O. The molecule has 1 rings (SSSR count). The first kappa shape index (κ1) is 12.0. The van der Waals surface area contributed by atoms with E-state index in [-0.39, 0.29) is 0 Å². The third-order valence-corrected chi connectivity index (χ3v) is 2.15. The summed E-state index contributed by atoms with van der Waals surface area (Å²) in [6.45, 7) is 6.48. The normalized spacial score (nSPS) is 10.7. The monoisotopic (exact) mass is 208 g/mol. The molecule has 1 aromatic heterocycles. The van der Waals surface area contributed by atoms with Crippen LogP contribution in [-0.2, 0) is 6.42 Å². The van der Waals surface area contributed by atoms with Gasteiger partial charge in [-0.25, -0.2) is 0 Å². The predicted molar refractivity (Wildman–Crippen MR) is 62.2 cm³/mol. The van der Waals surface area contributed by atoms with Crippen molar-refractivity contribution in [1.29, 1.82) is 0 Å². The van der Waals surface area contributed by atoms with Crippen molar-refractivity contribution >= 4 is 0 Å². The first-order valence-corrected chi connectivity index (χ1v) is 5.41. The fourth-order valence-electron chi connectivity index (χ4n) is 1.34. The molecule has 0 fully saturated rings. The number of hydrogen-bond donors (Lipinski definition) is 1. The van der Waals surface area contributed by atoms with Crippen molar-refractivity contribution in [1.82, 2.24) is 10.3 Å². The van der Waals surface area contributed by atoms with Crippen LogP contribution in [0.2, 0.25) is 0 Å². The molecule has 0 bridgehead atoms. The molecule has 0 atom stereocenters. The van der Waals surface area contributed by atoms with Crippen LogP contribution in [0.3, 0.4) is 0 Å². The summed E-state index contributed by atoms with van der Waals surface area (Å²) in [6, 6.07) is 2.03. The number of hydrogen-bond acceptors (Lipinski definition) is 3. The SMILES string of the molecule is COc1cncc(CCNCC(C)C)c1. The Morgan fingerprint density at radius 2 is 2.20 bits per heavy atom. The van der Waals surface area contributed by atoms with Crippen molar-refractivity contribution < 1.29 is 4.74 Å². The van der Waals surface area contributed by atoms with Crippen molar-refractivity contribution in [3.8, 4) is 5.75 Å². The highest BCUT2D eigenvalue weighted by molar-refractivity contribution is 5.23. The second kappa shape index (κ2) is 6.40. The van der Waals surface area contributed by atoms with Gasteiger partial charge in [0.2, 0.25) is 0 Å². The van der Waals surface area contributed by atoms with Crippen LogP contribution in [0.4, 0.5) is 0 Å². The van der Waals surface area contributed by atoms with Gasteiger partial charge in [0.25, 0.3) is 0 Å². The fraction of sp³-hybridized carbons (Fsp3) is 0.583. The van der Waals surface area contributed by atoms with Crippen LogP contribution in [0, 0.1) is 5.92 Å². The molecule has 0 aliphatic carbocycles. The Labute approximate surface area is 91.9 Å². The van der Waals surface area contributed by atoms with E-state index in [0.29, 0.717) is 5.92 Å². The van der Waals surface area contributed by atoms with Gasteiger partial charge in [-0.2, -0.15) is 0 Å². The average Bonchev–Trinajstić information content (AvgIpc) is 2.24. The molecule has 1 N–H and O–H groups in total. The summed E-state index contributed by atoms with van der Waals surface area (Å²) in [6.07, 6.45) is 4.61. The molecule has 84 valence electrons. The van der Waals surface area contributed by atoms with Gasteiger partial charge in [-0.3, -0.25) is 4.98 Å². The van der Waals surface area contributed by atoms with Crippen LogP contribution in [0.1, 0.15) is 19.4 Å². The van der Waals surface area contributed by atoms with Gasteiger partial charge in [-0.15, -0.1) is 0 Å². The Kier molecular flexibility index (Phi) is 5.12.